The lowest BCUT2D eigenvalue weighted by Crippen LogP contribution is -2.14. The summed E-state index contributed by atoms with van der Waals surface area (Å²) in [5.74, 6) is 0.837. The first-order valence-electron chi connectivity index (χ1n) is 8.86. The van der Waals surface area contributed by atoms with Crippen LogP contribution in [-0.2, 0) is 9.47 Å². The molecule has 0 aliphatic heterocycles. The molecule has 0 radical (unpaired) electrons. The van der Waals surface area contributed by atoms with Crippen molar-refractivity contribution in [1.29, 1.82) is 0 Å². The van der Waals surface area contributed by atoms with Crippen molar-refractivity contribution in [3.8, 4) is 5.75 Å². The number of hydrogen-bond donors (Lipinski definition) is 2. The van der Waals surface area contributed by atoms with E-state index in [1.54, 1.807) is 0 Å². The van der Waals surface area contributed by atoms with Gasteiger partial charge in [-0.15, -0.1) is 0 Å². The van der Waals surface area contributed by atoms with Crippen LogP contribution in [0.1, 0.15) is 11.1 Å². The molecule has 2 aromatic carbocycles. The van der Waals surface area contributed by atoms with Gasteiger partial charge in [-0.05, 0) is 35.4 Å². The van der Waals surface area contributed by atoms with Gasteiger partial charge in [-0.25, -0.2) is 0 Å². The minimum Gasteiger partial charge on any atom is -0.491 e. The monoisotopic (exact) mass is 356 g/mol. The highest BCUT2D eigenvalue weighted by Crippen LogP contribution is 2.15. The summed E-state index contributed by atoms with van der Waals surface area (Å²) in [4.78, 5) is 0. The third-order valence-corrected chi connectivity index (χ3v) is 3.68. The van der Waals surface area contributed by atoms with Crippen LogP contribution in [0, 0.1) is 0 Å². The van der Waals surface area contributed by atoms with Gasteiger partial charge in [-0.1, -0.05) is 36.4 Å². The Morgan fingerprint density at radius 2 is 1.31 bits per heavy atom. The average molecular weight is 356 g/mol. The van der Waals surface area contributed by atoms with Crippen LogP contribution in [0.25, 0.3) is 12.2 Å². The van der Waals surface area contributed by atoms with E-state index in [9.17, 15) is 0 Å². The Bertz CT molecular complexity index is 639. The third-order valence-electron chi connectivity index (χ3n) is 3.68. The Balaban J connectivity index is 1.68. The summed E-state index contributed by atoms with van der Waals surface area (Å²) in [5.41, 5.74) is 8.73. The Kier molecular flexibility index (Phi) is 9.29. The minimum absolute atomic E-state index is 0.518. The molecule has 0 aliphatic carbocycles. The van der Waals surface area contributed by atoms with Crippen molar-refractivity contribution in [3.05, 3.63) is 59.7 Å². The molecule has 3 N–H and O–H groups in total. The molecule has 0 amide bonds. The van der Waals surface area contributed by atoms with Crippen molar-refractivity contribution < 1.29 is 14.2 Å². The second-order valence-corrected chi connectivity index (χ2v) is 5.64. The van der Waals surface area contributed by atoms with Gasteiger partial charge in [0.15, 0.2) is 0 Å². The summed E-state index contributed by atoms with van der Waals surface area (Å²) in [5, 5.41) is 3.11. The molecular formula is C21H28N2O3. The minimum atomic E-state index is 0.518. The van der Waals surface area contributed by atoms with Crippen molar-refractivity contribution in [2.45, 2.75) is 0 Å². The topological polar surface area (TPSA) is 65.7 Å². The van der Waals surface area contributed by atoms with E-state index >= 15 is 0 Å². The quantitative estimate of drug-likeness (QED) is 0.451. The molecule has 0 saturated carbocycles. The van der Waals surface area contributed by atoms with Crippen LogP contribution < -0.4 is 15.8 Å². The van der Waals surface area contributed by atoms with Gasteiger partial charge < -0.3 is 25.3 Å². The lowest BCUT2D eigenvalue weighted by atomic mass is 10.1. The van der Waals surface area contributed by atoms with E-state index in [0.29, 0.717) is 39.6 Å². The van der Waals surface area contributed by atoms with Crippen LogP contribution in [-0.4, -0.2) is 46.6 Å². The first kappa shape index (κ1) is 20.0. The third kappa shape index (κ3) is 7.70. The average Bonchev–Trinajstić information content (AvgIpc) is 2.69. The van der Waals surface area contributed by atoms with Gasteiger partial charge in [0.05, 0.1) is 26.4 Å². The summed E-state index contributed by atoms with van der Waals surface area (Å²) in [6, 6.07) is 16.3. The normalized spacial score (nSPS) is 11.0. The first-order valence-corrected chi connectivity index (χ1v) is 8.86. The maximum absolute atomic E-state index is 5.66. The maximum Gasteiger partial charge on any atom is 0.119 e. The summed E-state index contributed by atoms with van der Waals surface area (Å²) in [6.07, 6.45) is 4.18. The lowest BCUT2D eigenvalue weighted by Gasteiger charge is -2.07. The predicted octanol–water partition coefficient (Wildman–Crippen LogP) is 3.27. The molecule has 140 valence electrons. The number of hydrogen-bond acceptors (Lipinski definition) is 5. The van der Waals surface area contributed by atoms with Crippen molar-refractivity contribution in [2.75, 3.05) is 51.9 Å². The molecule has 26 heavy (non-hydrogen) atoms. The van der Waals surface area contributed by atoms with E-state index in [0.717, 1.165) is 22.6 Å². The highest BCUT2D eigenvalue weighted by atomic mass is 16.5. The number of ether oxygens (including phenoxy) is 3. The first-order chi connectivity index (χ1) is 12.8. The summed E-state index contributed by atoms with van der Waals surface area (Å²) in [7, 11) is 1.92. The van der Waals surface area contributed by atoms with Crippen LogP contribution in [0.5, 0.6) is 5.75 Å². The van der Waals surface area contributed by atoms with E-state index in [-0.39, 0.29) is 0 Å². The second kappa shape index (κ2) is 12.1. The highest BCUT2D eigenvalue weighted by Gasteiger charge is 1.95. The molecule has 0 aliphatic rings. The number of benzene rings is 2. The van der Waals surface area contributed by atoms with Crippen LogP contribution in [0.4, 0.5) is 5.69 Å². The molecule has 2 aromatic rings. The van der Waals surface area contributed by atoms with E-state index in [2.05, 4.69) is 41.7 Å². The van der Waals surface area contributed by atoms with Crippen LogP contribution in [0.15, 0.2) is 48.5 Å². The summed E-state index contributed by atoms with van der Waals surface area (Å²) in [6.45, 7) is 3.29. The Labute approximate surface area is 155 Å². The van der Waals surface area contributed by atoms with Gasteiger partial charge in [0.25, 0.3) is 0 Å². The van der Waals surface area contributed by atoms with E-state index in [1.165, 1.54) is 0 Å². The van der Waals surface area contributed by atoms with Gasteiger partial charge in [-0.3, -0.25) is 0 Å². The van der Waals surface area contributed by atoms with Crippen LogP contribution in [0.2, 0.25) is 0 Å². The van der Waals surface area contributed by atoms with Gasteiger partial charge in [0, 0.05) is 19.3 Å². The fourth-order valence-corrected chi connectivity index (χ4v) is 2.25. The fraction of sp³-hybridized carbons (Fsp3) is 0.333. The molecule has 0 bridgehead atoms. The zero-order valence-corrected chi connectivity index (χ0v) is 15.3. The van der Waals surface area contributed by atoms with E-state index in [4.69, 9.17) is 19.9 Å². The molecular weight excluding hydrogens is 328 g/mol. The molecule has 0 aromatic heterocycles. The number of nitrogens with one attached hydrogen (secondary N) is 1. The van der Waals surface area contributed by atoms with Gasteiger partial charge in [-0.2, -0.15) is 0 Å². The fourth-order valence-electron chi connectivity index (χ4n) is 2.25. The zero-order valence-electron chi connectivity index (χ0n) is 15.3. The van der Waals surface area contributed by atoms with Gasteiger partial charge in [0.2, 0.25) is 0 Å². The van der Waals surface area contributed by atoms with Crippen LogP contribution in [0.3, 0.4) is 0 Å². The number of nitrogens with two attached hydrogens (primary N) is 1. The maximum atomic E-state index is 5.66. The van der Waals surface area contributed by atoms with Crippen LogP contribution >= 0.6 is 0 Å². The molecule has 5 nitrogen and oxygen atoms in total. The Morgan fingerprint density at radius 3 is 1.88 bits per heavy atom. The number of rotatable bonds is 12. The number of anilines is 1. The van der Waals surface area contributed by atoms with Crippen molar-refractivity contribution >= 4 is 17.8 Å². The van der Waals surface area contributed by atoms with Crippen molar-refractivity contribution in [2.24, 2.45) is 5.73 Å². The van der Waals surface area contributed by atoms with E-state index < -0.39 is 0 Å². The summed E-state index contributed by atoms with van der Waals surface area (Å²) < 4.78 is 16.3. The highest BCUT2D eigenvalue weighted by molar-refractivity contribution is 5.70. The van der Waals surface area contributed by atoms with Crippen molar-refractivity contribution in [1.82, 2.24) is 0 Å². The Morgan fingerprint density at radius 1 is 0.769 bits per heavy atom. The zero-order chi connectivity index (χ0) is 18.5. The van der Waals surface area contributed by atoms with Crippen molar-refractivity contribution in [3.63, 3.8) is 0 Å². The summed E-state index contributed by atoms with van der Waals surface area (Å²) >= 11 is 0. The Hall–Kier alpha value is -2.34. The van der Waals surface area contributed by atoms with Gasteiger partial charge in [0.1, 0.15) is 12.4 Å². The second-order valence-electron chi connectivity index (χ2n) is 5.64. The molecule has 0 heterocycles. The smallest absolute Gasteiger partial charge is 0.119 e. The standard InChI is InChI=1S/C21H28N2O3/c1-23-20-8-4-18(5-9-20)2-3-19-6-10-21(11-7-19)26-17-16-25-15-14-24-13-12-22/h2-11,23H,12-17,22H2,1H3/b3-2+. The largest absolute Gasteiger partial charge is 0.491 e. The molecule has 0 atom stereocenters. The molecule has 0 fully saturated rings. The van der Waals surface area contributed by atoms with Gasteiger partial charge >= 0.3 is 0 Å². The molecule has 0 spiro atoms. The molecule has 5 heteroatoms. The molecule has 0 unspecified atom stereocenters. The predicted molar refractivity (Wildman–Crippen MR) is 108 cm³/mol. The SMILES string of the molecule is CNc1ccc(/C=C/c2ccc(OCCOCCOCCN)cc2)cc1. The molecule has 2 rings (SSSR count). The molecule has 0 saturated heterocycles. The lowest BCUT2D eigenvalue weighted by molar-refractivity contribution is 0.0388. The van der Waals surface area contributed by atoms with E-state index in [1.807, 2.05) is 31.3 Å².